The number of carbonyl (C=O) groups is 1. The molecule has 240 valence electrons. The Morgan fingerprint density at radius 1 is 0.660 bits per heavy atom. The van der Waals surface area contributed by atoms with Crippen molar-refractivity contribution in [2.75, 3.05) is 0 Å². The molecule has 11 heteroatoms. The summed E-state index contributed by atoms with van der Waals surface area (Å²) in [6, 6.07) is 23.0. The summed E-state index contributed by atoms with van der Waals surface area (Å²) in [4.78, 5) is 12.2. The first-order valence-corrected chi connectivity index (χ1v) is 15.7. The van der Waals surface area contributed by atoms with Crippen molar-refractivity contribution in [3.05, 3.63) is 139 Å². The summed E-state index contributed by atoms with van der Waals surface area (Å²) >= 11 is 24.0. The number of Topliss-reactive ketones (excluding diaryl/α,β-unsaturated/α-hetero) is 1. The normalized spacial score (nSPS) is 11.6. The van der Waals surface area contributed by atoms with Crippen LogP contribution in [0.4, 0.5) is 8.78 Å². The lowest BCUT2D eigenvalue weighted by molar-refractivity contribution is 0.106. The third-order valence-corrected chi connectivity index (χ3v) is 8.14. The Hall–Kier alpha value is -4.01. The molecule has 5 nitrogen and oxygen atoms in total. The van der Waals surface area contributed by atoms with E-state index in [1.807, 2.05) is 19.1 Å². The highest BCUT2D eigenvalue weighted by atomic mass is 35.5. The van der Waals surface area contributed by atoms with Gasteiger partial charge in [-0.25, -0.2) is 8.78 Å². The van der Waals surface area contributed by atoms with Crippen LogP contribution in [0.25, 0.3) is 22.3 Å². The molecule has 1 heterocycles. The molecule has 0 saturated heterocycles. The topological polar surface area (TPSA) is 67.6 Å². The minimum atomic E-state index is -0.394. The fourth-order valence-corrected chi connectivity index (χ4v) is 5.37. The SMILES string of the molecule is C/C(Cc1c(F)cccc1Cl)=N/N=C(/C)C(=O)c1ccc(Cl)cc1.Cc1nnc(C)c(-c2c(F)cccc2Cl)c1-c1ccc(Cl)cc1. The van der Waals surface area contributed by atoms with E-state index in [-0.39, 0.29) is 23.7 Å². The van der Waals surface area contributed by atoms with E-state index in [9.17, 15) is 13.6 Å². The fourth-order valence-electron chi connectivity index (χ4n) is 4.63. The van der Waals surface area contributed by atoms with Crippen molar-refractivity contribution in [3.8, 4) is 22.3 Å². The molecule has 0 atom stereocenters. The van der Waals surface area contributed by atoms with Crippen molar-refractivity contribution in [1.82, 2.24) is 10.2 Å². The predicted molar refractivity (Wildman–Crippen MR) is 189 cm³/mol. The van der Waals surface area contributed by atoms with Crippen LogP contribution in [0.3, 0.4) is 0 Å². The largest absolute Gasteiger partial charge is 0.287 e. The van der Waals surface area contributed by atoms with Crippen LogP contribution in [-0.2, 0) is 6.42 Å². The smallest absolute Gasteiger partial charge is 0.208 e. The summed E-state index contributed by atoms with van der Waals surface area (Å²) in [5, 5.41) is 18.1. The molecule has 0 bridgehead atoms. The minimum absolute atomic E-state index is 0.220. The fraction of sp³-hybridized carbons (Fsp3) is 0.139. The number of aromatic nitrogens is 2. The summed E-state index contributed by atoms with van der Waals surface area (Å²) in [7, 11) is 0. The summed E-state index contributed by atoms with van der Waals surface area (Å²) in [5.41, 5.74) is 5.63. The Morgan fingerprint density at radius 2 is 1.19 bits per heavy atom. The summed E-state index contributed by atoms with van der Waals surface area (Å²) in [6.07, 6.45) is 0.220. The second-order valence-corrected chi connectivity index (χ2v) is 12.1. The lowest BCUT2D eigenvalue weighted by Gasteiger charge is -2.16. The van der Waals surface area contributed by atoms with Gasteiger partial charge in [-0.15, -0.1) is 0 Å². The van der Waals surface area contributed by atoms with Crippen LogP contribution in [0, 0.1) is 25.5 Å². The number of benzene rings is 4. The lowest BCUT2D eigenvalue weighted by atomic mass is 9.92. The first-order chi connectivity index (χ1) is 22.4. The van der Waals surface area contributed by atoms with Gasteiger partial charge in [0.2, 0.25) is 5.78 Å². The monoisotopic (exact) mass is 710 g/mol. The summed E-state index contributed by atoms with van der Waals surface area (Å²) < 4.78 is 28.2. The number of aryl methyl sites for hydroxylation is 2. The number of ketones is 1. The minimum Gasteiger partial charge on any atom is -0.287 e. The van der Waals surface area contributed by atoms with Crippen molar-refractivity contribution >= 4 is 63.6 Å². The van der Waals surface area contributed by atoms with Crippen LogP contribution >= 0.6 is 46.4 Å². The van der Waals surface area contributed by atoms with E-state index in [0.717, 1.165) is 11.1 Å². The van der Waals surface area contributed by atoms with Crippen LogP contribution in [0.2, 0.25) is 20.1 Å². The van der Waals surface area contributed by atoms with Crippen molar-refractivity contribution in [1.29, 1.82) is 0 Å². The Morgan fingerprint density at radius 3 is 1.77 bits per heavy atom. The van der Waals surface area contributed by atoms with E-state index in [1.165, 1.54) is 12.1 Å². The molecule has 0 spiro atoms. The highest BCUT2D eigenvalue weighted by molar-refractivity contribution is 6.45. The maximum atomic E-state index is 14.5. The molecule has 0 fully saturated rings. The van der Waals surface area contributed by atoms with Crippen molar-refractivity contribution in [2.24, 2.45) is 10.2 Å². The molecule has 0 N–H and O–H groups in total. The number of halogens is 6. The average Bonchev–Trinajstić information content (AvgIpc) is 3.04. The van der Waals surface area contributed by atoms with Gasteiger partial charge < -0.3 is 0 Å². The van der Waals surface area contributed by atoms with Crippen LogP contribution < -0.4 is 0 Å². The zero-order valence-corrected chi connectivity index (χ0v) is 28.8. The molecule has 4 aromatic carbocycles. The Balaban J connectivity index is 0.000000213. The van der Waals surface area contributed by atoms with Crippen LogP contribution in [0.15, 0.2) is 95.1 Å². The quantitative estimate of drug-likeness (QED) is 0.0958. The molecular weight excluding hydrogens is 684 g/mol. The first kappa shape index (κ1) is 35.8. The number of hydrogen-bond donors (Lipinski definition) is 0. The van der Waals surface area contributed by atoms with Gasteiger partial charge in [0, 0.05) is 55.0 Å². The van der Waals surface area contributed by atoms with E-state index >= 15 is 0 Å². The zero-order chi connectivity index (χ0) is 34.2. The van der Waals surface area contributed by atoms with Crippen LogP contribution in [-0.4, -0.2) is 27.4 Å². The molecule has 0 unspecified atom stereocenters. The van der Waals surface area contributed by atoms with Gasteiger partial charge in [0.25, 0.3) is 0 Å². The summed E-state index contributed by atoms with van der Waals surface area (Å²) in [6.45, 7) is 6.91. The third kappa shape index (κ3) is 9.08. The van der Waals surface area contributed by atoms with Crippen molar-refractivity contribution in [2.45, 2.75) is 34.1 Å². The molecular formula is C36H28Cl4F2N4O. The average molecular weight is 712 g/mol. The highest BCUT2D eigenvalue weighted by Gasteiger charge is 2.20. The molecule has 5 rings (SSSR count). The van der Waals surface area contributed by atoms with Crippen LogP contribution in [0.5, 0.6) is 0 Å². The molecule has 0 aliphatic heterocycles. The second-order valence-electron chi connectivity index (χ2n) is 10.5. The van der Waals surface area contributed by atoms with Gasteiger partial charge in [0.05, 0.1) is 16.4 Å². The van der Waals surface area contributed by atoms with E-state index in [1.54, 1.807) is 81.4 Å². The van der Waals surface area contributed by atoms with Gasteiger partial charge in [-0.3, -0.25) is 4.79 Å². The Labute approximate surface area is 291 Å². The van der Waals surface area contributed by atoms with Gasteiger partial charge in [-0.05, 0) is 93.9 Å². The maximum Gasteiger partial charge on any atom is 0.208 e. The molecule has 47 heavy (non-hydrogen) atoms. The zero-order valence-electron chi connectivity index (χ0n) is 25.8. The molecule has 0 aliphatic carbocycles. The summed E-state index contributed by atoms with van der Waals surface area (Å²) in [5.74, 6) is -1.02. The van der Waals surface area contributed by atoms with Gasteiger partial charge in [0.1, 0.15) is 17.3 Å². The molecule has 1 aromatic heterocycles. The number of carbonyl (C=O) groups excluding carboxylic acids is 1. The standard InChI is InChI=1S/C18H15Cl2FN2O.C18H13Cl2FN2/c1-11(10-15-16(20)4-3-5-17(15)21)22-23-12(2)18(24)13-6-8-14(19)9-7-13;1-10-16(12-6-8-13(19)9-7-12)17(11(2)23-22-10)18-14(20)4-3-5-15(18)21/h3-9H,10H2,1-2H3;3-9H,1-2H3/b22-11-,23-12-;. The Kier molecular flexibility index (Phi) is 12.4. The third-order valence-electron chi connectivity index (χ3n) is 6.97. The van der Waals surface area contributed by atoms with E-state index in [0.29, 0.717) is 59.4 Å². The predicted octanol–water partition coefficient (Wildman–Crippen LogP) is 11.3. The molecule has 0 aliphatic rings. The highest BCUT2D eigenvalue weighted by Crippen LogP contribution is 2.40. The van der Waals surface area contributed by atoms with Gasteiger partial charge in [0.15, 0.2) is 0 Å². The molecule has 0 radical (unpaired) electrons. The van der Waals surface area contributed by atoms with Crippen molar-refractivity contribution < 1.29 is 13.6 Å². The van der Waals surface area contributed by atoms with Gasteiger partial charge >= 0.3 is 0 Å². The van der Waals surface area contributed by atoms with Crippen LogP contribution in [0.1, 0.15) is 41.2 Å². The molecule has 0 amide bonds. The van der Waals surface area contributed by atoms with E-state index < -0.39 is 5.82 Å². The number of nitrogens with zero attached hydrogens (tertiary/aromatic N) is 4. The number of rotatable bonds is 7. The van der Waals surface area contributed by atoms with Gasteiger partial charge in [-0.2, -0.15) is 20.4 Å². The first-order valence-electron chi connectivity index (χ1n) is 14.2. The lowest BCUT2D eigenvalue weighted by Crippen LogP contribution is -2.10. The van der Waals surface area contributed by atoms with E-state index in [4.69, 9.17) is 46.4 Å². The van der Waals surface area contributed by atoms with Gasteiger partial charge in [-0.1, -0.05) is 70.7 Å². The van der Waals surface area contributed by atoms with E-state index in [2.05, 4.69) is 20.4 Å². The van der Waals surface area contributed by atoms with Crippen molar-refractivity contribution in [3.63, 3.8) is 0 Å². The maximum absolute atomic E-state index is 14.5. The Bertz CT molecular complexity index is 1940. The number of hydrogen-bond acceptors (Lipinski definition) is 5. The molecule has 5 aromatic rings. The molecule has 0 saturated carbocycles. The second kappa shape index (κ2) is 16.2.